The maximum atomic E-state index is 12.3. The largest absolute Gasteiger partial charge is 0.496 e. The highest BCUT2D eigenvalue weighted by Crippen LogP contribution is 2.22. The maximum Gasteiger partial charge on any atom is 0.185 e. The van der Waals surface area contributed by atoms with Crippen LogP contribution in [0.15, 0.2) is 67.3 Å². The van der Waals surface area contributed by atoms with Crippen LogP contribution in [0.1, 0.15) is 21.5 Å². The van der Waals surface area contributed by atoms with Gasteiger partial charge in [0, 0.05) is 29.2 Å². The third kappa shape index (κ3) is 3.98. The Hall–Kier alpha value is -2.85. The number of methoxy groups -OCH3 is 1. The fourth-order valence-corrected chi connectivity index (χ4v) is 2.69. The fourth-order valence-electron chi connectivity index (χ4n) is 2.48. The number of halogens is 1. The van der Waals surface area contributed by atoms with Crippen LogP contribution in [0.2, 0.25) is 0 Å². The number of ether oxygens (including phenoxy) is 1. The minimum absolute atomic E-state index is 0.0552. The SMILES string of the molecule is COc1ccc(/C=C/C(=O)c2ccc(-n3ccnc3)cc2)cc1CCl. The van der Waals surface area contributed by atoms with Gasteiger partial charge in [0.15, 0.2) is 5.78 Å². The first kappa shape index (κ1) is 17.0. The summed E-state index contributed by atoms with van der Waals surface area (Å²) in [4.78, 5) is 16.3. The van der Waals surface area contributed by atoms with Crippen molar-refractivity contribution in [1.82, 2.24) is 9.55 Å². The molecule has 0 unspecified atom stereocenters. The van der Waals surface area contributed by atoms with Gasteiger partial charge in [-0.25, -0.2) is 4.98 Å². The smallest absolute Gasteiger partial charge is 0.185 e. The van der Waals surface area contributed by atoms with Gasteiger partial charge in [-0.1, -0.05) is 12.1 Å². The quantitative estimate of drug-likeness (QED) is 0.372. The summed E-state index contributed by atoms with van der Waals surface area (Å²) < 4.78 is 7.13. The molecule has 0 atom stereocenters. The topological polar surface area (TPSA) is 44.1 Å². The molecule has 1 aromatic heterocycles. The monoisotopic (exact) mass is 352 g/mol. The van der Waals surface area contributed by atoms with E-state index < -0.39 is 0 Å². The van der Waals surface area contributed by atoms with Crippen molar-refractivity contribution in [3.05, 3.63) is 84.0 Å². The van der Waals surface area contributed by atoms with E-state index in [2.05, 4.69) is 4.98 Å². The number of hydrogen-bond donors (Lipinski definition) is 0. The average Bonchev–Trinajstić information content (AvgIpc) is 3.20. The molecule has 0 amide bonds. The third-order valence-electron chi connectivity index (χ3n) is 3.83. The van der Waals surface area contributed by atoms with Crippen LogP contribution in [-0.2, 0) is 5.88 Å². The highest BCUT2D eigenvalue weighted by atomic mass is 35.5. The molecular formula is C20H17ClN2O2. The van der Waals surface area contributed by atoms with Crippen LogP contribution in [0.5, 0.6) is 5.75 Å². The number of ketones is 1. The molecule has 5 heteroatoms. The van der Waals surface area contributed by atoms with Crippen LogP contribution >= 0.6 is 11.6 Å². The number of alkyl halides is 1. The highest BCUT2D eigenvalue weighted by Gasteiger charge is 2.04. The van der Waals surface area contributed by atoms with E-state index in [4.69, 9.17) is 16.3 Å². The van der Waals surface area contributed by atoms with Crippen LogP contribution in [0.25, 0.3) is 11.8 Å². The van der Waals surface area contributed by atoms with E-state index in [-0.39, 0.29) is 5.78 Å². The second kappa shape index (κ2) is 7.81. The molecule has 0 radical (unpaired) electrons. The summed E-state index contributed by atoms with van der Waals surface area (Å²) in [6.45, 7) is 0. The summed E-state index contributed by atoms with van der Waals surface area (Å²) in [7, 11) is 1.61. The van der Waals surface area contributed by atoms with E-state index in [0.29, 0.717) is 11.4 Å². The predicted octanol–water partition coefficient (Wildman–Crippen LogP) is 4.52. The van der Waals surface area contributed by atoms with Gasteiger partial charge in [0.05, 0.1) is 19.3 Å². The minimum atomic E-state index is -0.0552. The van der Waals surface area contributed by atoms with Gasteiger partial charge in [0.2, 0.25) is 0 Å². The molecule has 3 aromatic rings. The van der Waals surface area contributed by atoms with Crippen LogP contribution in [0.4, 0.5) is 0 Å². The summed E-state index contributed by atoms with van der Waals surface area (Å²) in [6.07, 6.45) is 8.63. The lowest BCUT2D eigenvalue weighted by Crippen LogP contribution is -1.96. The van der Waals surface area contributed by atoms with Crippen molar-refractivity contribution in [2.45, 2.75) is 5.88 Å². The van der Waals surface area contributed by atoms with E-state index in [1.54, 1.807) is 43.9 Å². The molecule has 4 nitrogen and oxygen atoms in total. The number of nitrogens with zero attached hydrogens (tertiary/aromatic N) is 2. The van der Waals surface area contributed by atoms with E-state index in [9.17, 15) is 4.79 Å². The zero-order chi connectivity index (χ0) is 17.6. The third-order valence-corrected chi connectivity index (χ3v) is 4.12. The Morgan fingerprint density at radius 3 is 2.68 bits per heavy atom. The number of imidazole rings is 1. The minimum Gasteiger partial charge on any atom is -0.496 e. The Kier molecular flexibility index (Phi) is 5.31. The van der Waals surface area contributed by atoms with Gasteiger partial charge in [0.25, 0.3) is 0 Å². The fraction of sp³-hybridized carbons (Fsp3) is 0.100. The molecule has 0 fully saturated rings. The molecule has 0 saturated heterocycles. The summed E-state index contributed by atoms with van der Waals surface area (Å²) in [6, 6.07) is 13.0. The van der Waals surface area contributed by atoms with Gasteiger partial charge in [-0.3, -0.25) is 4.79 Å². The van der Waals surface area contributed by atoms with E-state index in [1.807, 2.05) is 41.1 Å². The van der Waals surface area contributed by atoms with Crippen molar-refractivity contribution in [2.75, 3.05) is 7.11 Å². The van der Waals surface area contributed by atoms with Crippen molar-refractivity contribution < 1.29 is 9.53 Å². The van der Waals surface area contributed by atoms with Crippen molar-refractivity contribution in [3.8, 4) is 11.4 Å². The summed E-state index contributed by atoms with van der Waals surface area (Å²) in [5.41, 5.74) is 3.38. The van der Waals surface area contributed by atoms with Gasteiger partial charge >= 0.3 is 0 Å². The lowest BCUT2D eigenvalue weighted by atomic mass is 10.1. The Morgan fingerprint density at radius 2 is 2.04 bits per heavy atom. The van der Waals surface area contributed by atoms with Crippen LogP contribution in [0.3, 0.4) is 0 Å². The molecule has 0 aliphatic rings. The lowest BCUT2D eigenvalue weighted by Gasteiger charge is -2.06. The van der Waals surface area contributed by atoms with E-state index in [1.165, 1.54) is 0 Å². The van der Waals surface area contributed by atoms with E-state index >= 15 is 0 Å². The molecule has 25 heavy (non-hydrogen) atoms. The lowest BCUT2D eigenvalue weighted by molar-refractivity contribution is 0.104. The first-order chi connectivity index (χ1) is 12.2. The summed E-state index contributed by atoms with van der Waals surface area (Å²) in [5.74, 6) is 1.04. The standard InChI is InChI=1S/C20H17ClN2O2/c1-25-20-9-3-15(12-17(20)13-21)2-8-19(24)16-4-6-18(7-5-16)23-11-10-22-14-23/h2-12,14H,13H2,1H3/b8-2+. The number of carbonyl (C=O) groups excluding carboxylic acids is 1. The number of hydrogen-bond acceptors (Lipinski definition) is 3. The second-order valence-corrected chi connectivity index (χ2v) is 5.69. The number of benzene rings is 2. The molecule has 2 aromatic carbocycles. The van der Waals surface area contributed by atoms with Crippen molar-refractivity contribution in [1.29, 1.82) is 0 Å². The normalized spacial score (nSPS) is 11.0. The molecule has 0 aliphatic heterocycles. The first-order valence-corrected chi connectivity index (χ1v) is 8.28. The maximum absolute atomic E-state index is 12.3. The molecule has 0 aliphatic carbocycles. The van der Waals surface area contributed by atoms with Gasteiger partial charge in [-0.05, 0) is 48.0 Å². The first-order valence-electron chi connectivity index (χ1n) is 7.75. The van der Waals surface area contributed by atoms with Crippen LogP contribution in [-0.4, -0.2) is 22.4 Å². The van der Waals surface area contributed by atoms with Crippen molar-refractivity contribution in [3.63, 3.8) is 0 Å². The van der Waals surface area contributed by atoms with Crippen LogP contribution in [0, 0.1) is 0 Å². The number of aromatic nitrogens is 2. The highest BCUT2D eigenvalue weighted by molar-refractivity contribution is 6.17. The number of allylic oxidation sites excluding steroid dienone is 1. The molecular weight excluding hydrogens is 336 g/mol. The number of carbonyl (C=O) groups is 1. The van der Waals surface area contributed by atoms with Gasteiger partial charge < -0.3 is 9.30 Å². The van der Waals surface area contributed by atoms with Crippen LogP contribution < -0.4 is 4.74 Å². The molecule has 0 spiro atoms. The Morgan fingerprint density at radius 1 is 1.24 bits per heavy atom. The summed E-state index contributed by atoms with van der Waals surface area (Å²) in [5, 5.41) is 0. The second-order valence-electron chi connectivity index (χ2n) is 5.42. The van der Waals surface area contributed by atoms with Crippen molar-refractivity contribution >= 4 is 23.5 Å². The predicted molar refractivity (Wildman–Crippen MR) is 99.5 cm³/mol. The zero-order valence-corrected chi connectivity index (χ0v) is 14.5. The van der Waals surface area contributed by atoms with Gasteiger partial charge in [-0.2, -0.15) is 0 Å². The van der Waals surface area contributed by atoms with Gasteiger partial charge in [-0.15, -0.1) is 11.6 Å². The Bertz CT molecular complexity index is 885. The Labute approximate surface area is 151 Å². The molecule has 3 rings (SSSR count). The summed E-state index contributed by atoms with van der Waals surface area (Å²) >= 11 is 5.92. The molecule has 0 bridgehead atoms. The molecule has 1 heterocycles. The molecule has 0 N–H and O–H groups in total. The van der Waals surface area contributed by atoms with Gasteiger partial charge in [0.1, 0.15) is 5.75 Å². The number of rotatable bonds is 6. The zero-order valence-electron chi connectivity index (χ0n) is 13.7. The van der Waals surface area contributed by atoms with E-state index in [0.717, 1.165) is 22.6 Å². The molecule has 0 saturated carbocycles. The molecule has 126 valence electrons. The average molecular weight is 353 g/mol. The Balaban J connectivity index is 1.74. The van der Waals surface area contributed by atoms with Crippen molar-refractivity contribution in [2.24, 2.45) is 0 Å².